The normalized spacial score (nSPS) is 12.5. The van der Waals surface area contributed by atoms with Crippen LogP contribution in [-0.4, -0.2) is 10.5 Å². The topological polar surface area (TPSA) is 34.0 Å². The van der Waals surface area contributed by atoms with Gasteiger partial charge in [-0.05, 0) is 49.1 Å². The number of hydrogen-bond donors (Lipinski definition) is 1. The molecule has 1 unspecified atom stereocenters. The van der Waals surface area contributed by atoms with Gasteiger partial charge in [0.25, 0.3) is 0 Å². The van der Waals surface area contributed by atoms with Crippen LogP contribution in [0.25, 0.3) is 10.9 Å². The lowest BCUT2D eigenvalue weighted by Crippen LogP contribution is -2.21. The zero-order chi connectivity index (χ0) is 15.7. The second kappa shape index (κ2) is 5.97. The van der Waals surface area contributed by atoms with E-state index in [1.807, 2.05) is 30.5 Å². The molecule has 114 valence electrons. The molecule has 0 aliphatic carbocycles. The van der Waals surface area contributed by atoms with Crippen LogP contribution in [0.4, 0.5) is 5.69 Å². The van der Waals surface area contributed by atoms with Crippen molar-refractivity contribution in [2.24, 2.45) is 13.0 Å². The smallest absolute Gasteiger partial charge is 0.227 e. The molecule has 1 N–H and O–H groups in total. The number of benzene rings is 1. The van der Waals surface area contributed by atoms with Crippen molar-refractivity contribution in [1.82, 2.24) is 4.57 Å². The highest BCUT2D eigenvalue weighted by atomic mass is 32.1. The maximum absolute atomic E-state index is 12.3. The summed E-state index contributed by atoms with van der Waals surface area (Å²) in [6.07, 6.45) is 0.788. The van der Waals surface area contributed by atoms with E-state index in [-0.39, 0.29) is 11.8 Å². The summed E-state index contributed by atoms with van der Waals surface area (Å²) < 4.78 is 2.15. The second-order valence-corrected chi connectivity index (χ2v) is 6.82. The van der Waals surface area contributed by atoms with E-state index < -0.39 is 0 Å². The van der Waals surface area contributed by atoms with Crippen molar-refractivity contribution in [3.63, 3.8) is 0 Å². The maximum atomic E-state index is 12.3. The largest absolute Gasteiger partial charge is 0.348 e. The fraction of sp³-hybridized carbons (Fsp3) is 0.278. The van der Waals surface area contributed by atoms with Gasteiger partial charge in [-0.2, -0.15) is 0 Å². The van der Waals surface area contributed by atoms with Crippen molar-refractivity contribution >= 4 is 33.8 Å². The molecule has 0 saturated carbocycles. The Morgan fingerprint density at radius 2 is 2.14 bits per heavy atom. The Labute approximate surface area is 134 Å². The van der Waals surface area contributed by atoms with Gasteiger partial charge in [-0.3, -0.25) is 4.79 Å². The van der Waals surface area contributed by atoms with Gasteiger partial charge in [-0.15, -0.1) is 11.3 Å². The minimum Gasteiger partial charge on any atom is -0.348 e. The zero-order valence-corrected chi connectivity index (χ0v) is 13.9. The second-order valence-electron chi connectivity index (χ2n) is 5.79. The summed E-state index contributed by atoms with van der Waals surface area (Å²) >= 11 is 1.70. The summed E-state index contributed by atoms with van der Waals surface area (Å²) in [5, 5.41) is 6.23. The summed E-state index contributed by atoms with van der Waals surface area (Å²) in [5.74, 6) is 0.0345. The van der Waals surface area contributed by atoms with Gasteiger partial charge < -0.3 is 9.88 Å². The Morgan fingerprint density at radius 1 is 1.32 bits per heavy atom. The molecular formula is C18H20N2OS. The standard InChI is InChI=1S/C18H20N2OS/c1-12(9-16-5-4-8-22-16)18(21)19-15-6-7-17-14(11-15)10-13(2)20(17)3/h4-8,10-12H,9H2,1-3H3,(H,19,21). The Kier molecular flexibility index (Phi) is 4.03. The number of fused-ring (bicyclic) bond motifs is 1. The van der Waals surface area contributed by atoms with E-state index >= 15 is 0 Å². The highest BCUT2D eigenvalue weighted by molar-refractivity contribution is 7.09. The van der Waals surface area contributed by atoms with E-state index in [0.717, 1.165) is 17.5 Å². The van der Waals surface area contributed by atoms with Crippen LogP contribution in [0.5, 0.6) is 0 Å². The third-order valence-electron chi connectivity index (χ3n) is 4.08. The van der Waals surface area contributed by atoms with Gasteiger partial charge in [0.2, 0.25) is 5.91 Å². The molecule has 3 aromatic rings. The van der Waals surface area contributed by atoms with Crippen LogP contribution in [0.15, 0.2) is 41.8 Å². The average molecular weight is 312 g/mol. The SMILES string of the molecule is Cc1cc2cc(NC(=O)C(C)Cc3cccs3)ccc2n1C. The summed E-state index contributed by atoms with van der Waals surface area (Å²) in [6.45, 7) is 4.06. The Balaban J connectivity index is 1.73. The first-order chi connectivity index (χ1) is 10.5. The molecule has 1 aromatic carbocycles. The molecule has 2 aromatic heterocycles. The monoisotopic (exact) mass is 312 g/mol. The first-order valence-corrected chi connectivity index (χ1v) is 8.32. The number of carbonyl (C=O) groups excluding carboxylic acids is 1. The summed E-state index contributed by atoms with van der Waals surface area (Å²) in [4.78, 5) is 13.6. The minimum absolute atomic E-state index is 0.0353. The molecule has 1 amide bonds. The van der Waals surface area contributed by atoms with E-state index in [9.17, 15) is 4.79 Å². The van der Waals surface area contributed by atoms with Gasteiger partial charge >= 0.3 is 0 Å². The molecule has 0 radical (unpaired) electrons. The zero-order valence-electron chi connectivity index (χ0n) is 13.1. The van der Waals surface area contributed by atoms with Gasteiger partial charge in [0, 0.05) is 40.1 Å². The number of hydrogen-bond acceptors (Lipinski definition) is 2. The first-order valence-electron chi connectivity index (χ1n) is 7.44. The summed E-state index contributed by atoms with van der Waals surface area (Å²) in [7, 11) is 2.05. The van der Waals surface area contributed by atoms with Crippen molar-refractivity contribution in [2.75, 3.05) is 5.32 Å². The van der Waals surface area contributed by atoms with Crippen molar-refractivity contribution in [2.45, 2.75) is 20.3 Å². The number of carbonyl (C=O) groups is 1. The number of anilines is 1. The number of nitrogens with one attached hydrogen (secondary N) is 1. The molecule has 0 fully saturated rings. The van der Waals surface area contributed by atoms with Crippen LogP contribution in [0, 0.1) is 12.8 Å². The molecule has 0 spiro atoms. The van der Waals surface area contributed by atoms with Gasteiger partial charge in [0.05, 0.1) is 0 Å². The lowest BCUT2D eigenvalue weighted by molar-refractivity contribution is -0.119. The molecule has 4 heteroatoms. The lowest BCUT2D eigenvalue weighted by atomic mass is 10.1. The van der Waals surface area contributed by atoms with Crippen molar-refractivity contribution in [3.8, 4) is 0 Å². The van der Waals surface area contributed by atoms with Gasteiger partial charge in [0.15, 0.2) is 0 Å². The molecule has 0 bridgehead atoms. The molecular weight excluding hydrogens is 292 g/mol. The van der Waals surface area contributed by atoms with E-state index in [0.29, 0.717) is 0 Å². The Morgan fingerprint density at radius 3 is 2.86 bits per heavy atom. The van der Waals surface area contributed by atoms with E-state index in [1.54, 1.807) is 11.3 Å². The Hall–Kier alpha value is -2.07. The molecule has 0 saturated heterocycles. The first kappa shape index (κ1) is 14.9. The van der Waals surface area contributed by atoms with Gasteiger partial charge in [-0.25, -0.2) is 0 Å². The quantitative estimate of drug-likeness (QED) is 0.763. The number of aryl methyl sites for hydroxylation is 2. The Bertz CT molecular complexity index is 802. The fourth-order valence-corrected chi connectivity index (χ4v) is 3.49. The predicted octanol–water partition coefficient (Wildman–Crippen LogP) is 4.37. The van der Waals surface area contributed by atoms with Crippen LogP contribution in [-0.2, 0) is 18.3 Å². The van der Waals surface area contributed by atoms with Crippen molar-refractivity contribution in [1.29, 1.82) is 0 Å². The van der Waals surface area contributed by atoms with Gasteiger partial charge in [0.1, 0.15) is 0 Å². The maximum Gasteiger partial charge on any atom is 0.227 e. The third-order valence-corrected chi connectivity index (χ3v) is 4.98. The number of rotatable bonds is 4. The molecule has 0 aliphatic rings. The van der Waals surface area contributed by atoms with Crippen LogP contribution in [0.1, 0.15) is 17.5 Å². The van der Waals surface area contributed by atoms with E-state index in [1.165, 1.54) is 16.1 Å². The highest BCUT2D eigenvalue weighted by Gasteiger charge is 2.14. The van der Waals surface area contributed by atoms with E-state index in [4.69, 9.17) is 0 Å². The molecule has 1 atom stereocenters. The van der Waals surface area contributed by atoms with Crippen LogP contribution >= 0.6 is 11.3 Å². The van der Waals surface area contributed by atoms with Crippen molar-refractivity contribution in [3.05, 3.63) is 52.3 Å². The molecule has 0 aliphatic heterocycles. The number of nitrogens with zero attached hydrogens (tertiary/aromatic N) is 1. The summed E-state index contributed by atoms with van der Waals surface area (Å²) in [5.41, 5.74) is 3.26. The minimum atomic E-state index is -0.0353. The third kappa shape index (κ3) is 2.92. The fourth-order valence-electron chi connectivity index (χ4n) is 2.65. The van der Waals surface area contributed by atoms with Crippen LogP contribution in [0.2, 0.25) is 0 Å². The molecule has 3 nitrogen and oxygen atoms in total. The van der Waals surface area contributed by atoms with Crippen molar-refractivity contribution < 1.29 is 4.79 Å². The number of thiophene rings is 1. The molecule has 3 rings (SSSR count). The number of amides is 1. The highest BCUT2D eigenvalue weighted by Crippen LogP contribution is 2.23. The molecule has 2 heterocycles. The predicted molar refractivity (Wildman–Crippen MR) is 93.5 cm³/mol. The number of aromatic nitrogens is 1. The molecule has 22 heavy (non-hydrogen) atoms. The van der Waals surface area contributed by atoms with Crippen LogP contribution in [0.3, 0.4) is 0 Å². The lowest BCUT2D eigenvalue weighted by Gasteiger charge is -2.11. The van der Waals surface area contributed by atoms with E-state index in [2.05, 4.69) is 42.1 Å². The average Bonchev–Trinajstić information content (AvgIpc) is 3.08. The summed E-state index contributed by atoms with van der Waals surface area (Å²) in [6, 6.07) is 12.3. The van der Waals surface area contributed by atoms with Crippen LogP contribution < -0.4 is 5.32 Å². The van der Waals surface area contributed by atoms with Gasteiger partial charge in [-0.1, -0.05) is 13.0 Å².